The molecule has 4 heteroatoms. The zero-order valence-electron chi connectivity index (χ0n) is 9.21. The number of aromatic nitrogens is 2. The number of fused-ring (bicyclic) bond motifs is 1. The minimum Gasteiger partial charge on any atom is -0.329 e. The van der Waals surface area contributed by atoms with Gasteiger partial charge in [-0.15, -0.1) is 5.10 Å². The number of carbonyl (C=O) groups is 1. The maximum atomic E-state index is 12.1. The van der Waals surface area contributed by atoms with Crippen LogP contribution in [0.2, 0.25) is 0 Å². The van der Waals surface area contributed by atoms with Crippen molar-refractivity contribution < 1.29 is 4.79 Å². The van der Waals surface area contributed by atoms with Crippen molar-refractivity contribution in [3.63, 3.8) is 0 Å². The predicted molar refractivity (Wildman–Crippen MR) is 62.1 cm³/mol. The van der Waals surface area contributed by atoms with E-state index in [1.165, 1.54) is 11.1 Å². The van der Waals surface area contributed by atoms with Gasteiger partial charge in [0.25, 0.3) is 5.91 Å². The van der Waals surface area contributed by atoms with E-state index in [0.29, 0.717) is 18.8 Å². The first kappa shape index (κ1) is 9.96. The van der Waals surface area contributed by atoms with Gasteiger partial charge in [-0.05, 0) is 23.3 Å². The quantitative estimate of drug-likeness (QED) is 0.741. The van der Waals surface area contributed by atoms with E-state index in [1.54, 1.807) is 23.2 Å². The van der Waals surface area contributed by atoms with Gasteiger partial charge in [-0.25, -0.2) is 0 Å². The Morgan fingerprint density at radius 2 is 1.76 bits per heavy atom. The van der Waals surface area contributed by atoms with Crippen LogP contribution in [0.3, 0.4) is 0 Å². The monoisotopic (exact) mass is 225 g/mol. The van der Waals surface area contributed by atoms with E-state index in [4.69, 9.17) is 0 Å². The summed E-state index contributed by atoms with van der Waals surface area (Å²) in [5.74, 6) is -0.0608. The molecule has 0 atom stereocenters. The number of hydrogen-bond acceptors (Lipinski definition) is 3. The van der Waals surface area contributed by atoms with Gasteiger partial charge in [0.05, 0.1) is 0 Å². The molecule has 0 N–H and O–H groups in total. The topological polar surface area (TPSA) is 46.1 Å². The normalized spacial score (nSPS) is 13.5. The first-order valence-electron chi connectivity index (χ1n) is 5.48. The molecule has 17 heavy (non-hydrogen) atoms. The molecule has 1 aromatic carbocycles. The van der Waals surface area contributed by atoms with Crippen molar-refractivity contribution in [1.29, 1.82) is 0 Å². The Kier molecular flexibility index (Phi) is 2.33. The Morgan fingerprint density at radius 3 is 2.35 bits per heavy atom. The third kappa shape index (κ3) is 1.78. The van der Waals surface area contributed by atoms with Gasteiger partial charge < -0.3 is 4.90 Å². The predicted octanol–water partition coefficient (Wildman–Crippen LogP) is 1.63. The summed E-state index contributed by atoms with van der Waals surface area (Å²) in [6, 6.07) is 11.5. The van der Waals surface area contributed by atoms with Crippen molar-refractivity contribution in [3.05, 3.63) is 59.4 Å². The molecule has 1 amide bonds. The average Bonchev–Trinajstić information content (AvgIpc) is 2.82. The lowest BCUT2D eigenvalue weighted by Crippen LogP contribution is -2.26. The number of rotatable bonds is 1. The second-order valence-electron chi connectivity index (χ2n) is 4.04. The molecule has 0 unspecified atom stereocenters. The summed E-state index contributed by atoms with van der Waals surface area (Å²) >= 11 is 0. The van der Waals surface area contributed by atoms with Gasteiger partial charge >= 0.3 is 0 Å². The number of benzene rings is 1. The van der Waals surface area contributed by atoms with Crippen LogP contribution in [0, 0.1) is 0 Å². The van der Waals surface area contributed by atoms with Crippen LogP contribution >= 0.6 is 0 Å². The molecule has 1 aliphatic heterocycles. The first-order valence-corrected chi connectivity index (χ1v) is 5.48. The molecule has 0 aliphatic carbocycles. The van der Waals surface area contributed by atoms with Gasteiger partial charge in [0, 0.05) is 19.3 Å². The van der Waals surface area contributed by atoms with Gasteiger partial charge in [-0.2, -0.15) is 5.10 Å². The molecule has 0 fully saturated rings. The van der Waals surface area contributed by atoms with Crippen LogP contribution in [0.15, 0.2) is 42.6 Å². The molecule has 4 nitrogen and oxygen atoms in total. The molecule has 0 bridgehead atoms. The standard InChI is InChI=1S/C13H11N3O/c17-13(12-6-3-7-14-15-12)16-8-10-4-1-2-5-11(10)9-16/h1-7H,8-9H2. The average molecular weight is 225 g/mol. The van der Waals surface area contributed by atoms with Crippen LogP contribution in [-0.4, -0.2) is 21.0 Å². The summed E-state index contributed by atoms with van der Waals surface area (Å²) in [5.41, 5.74) is 2.83. The summed E-state index contributed by atoms with van der Waals surface area (Å²) in [6.45, 7) is 1.32. The van der Waals surface area contributed by atoms with Crippen LogP contribution in [0.5, 0.6) is 0 Å². The smallest absolute Gasteiger partial charge is 0.274 e. The maximum Gasteiger partial charge on any atom is 0.274 e. The zero-order chi connectivity index (χ0) is 11.7. The van der Waals surface area contributed by atoms with Crippen LogP contribution < -0.4 is 0 Å². The SMILES string of the molecule is O=C(c1cccnn1)N1Cc2ccccc2C1. The van der Waals surface area contributed by atoms with Crippen molar-refractivity contribution in [2.75, 3.05) is 0 Å². The molecule has 0 saturated heterocycles. The second kappa shape index (κ2) is 3.97. The maximum absolute atomic E-state index is 12.1. The van der Waals surface area contributed by atoms with E-state index >= 15 is 0 Å². The molecule has 1 aliphatic rings. The molecule has 0 radical (unpaired) electrons. The van der Waals surface area contributed by atoms with Crippen molar-refractivity contribution in [2.24, 2.45) is 0 Å². The largest absolute Gasteiger partial charge is 0.329 e. The van der Waals surface area contributed by atoms with Crippen LogP contribution in [0.4, 0.5) is 0 Å². The molecule has 0 spiro atoms. The fourth-order valence-electron chi connectivity index (χ4n) is 2.05. The molecular weight excluding hydrogens is 214 g/mol. The van der Waals surface area contributed by atoms with Crippen molar-refractivity contribution in [3.8, 4) is 0 Å². The Bertz CT molecular complexity index is 529. The summed E-state index contributed by atoms with van der Waals surface area (Å²) in [4.78, 5) is 13.9. The molecule has 1 aromatic heterocycles. The second-order valence-corrected chi connectivity index (χ2v) is 4.04. The van der Waals surface area contributed by atoms with E-state index < -0.39 is 0 Å². The van der Waals surface area contributed by atoms with E-state index in [-0.39, 0.29) is 5.91 Å². The van der Waals surface area contributed by atoms with Gasteiger partial charge in [-0.1, -0.05) is 24.3 Å². The van der Waals surface area contributed by atoms with E-state index in [9.17, 15) is 4.79 Å². The summed E-state index contributed by atoms with van der Waals surface area (Å²) < 4.78 is 0. The van der Waals surface area contributed by atoms with Crippen molar-refractivity contribution in [1.82, 2.24) is 15.1 Å². The van der Waals surface area contributed by atoms with Gasteiger partial charge in [0.15, 0.2) is 5.69 Å². The third-order valence-electron chi connectivity index (χ3n) is 2.92. The fraction of sp³-hybridized carbons (Fsp3) is 0.154. The Hall–Kier alpha value is -2.23. The molecule has 0 saturated carbocycles. The number of carbonyl (C=O) groups excluding carboxylic acids is 1. The molecular formula is C13H11N3O. The molecule has 2 aromatic rings. The summed E-state index contributed by atoms with van der Waals surface area (Å²) in [5, 5.41) is 7.57. The summed E-state index contributed by atoms with van der Waals surface area (Å²) in [7, 11) is 0. The zero-order valence-corrected chi connectivity index (χ0v) is 9.21. The van der Waals surface area contributed by atoms with Crippen molar-refractivity contribution >= 4 is 5.91 Å². The number of amides is 1. The van der Waals surface area contributed by atoms with Gasteiger partial charge in [-0.3, -0.25) is 4.79 Å². The Morgan fingerprint density at radius 1 is 1.06 bits per heavy atom. The first-order chi connectivity index (χ1) is 8.34. The van der Waals surface area contributed by atoms with Crippen LogP contribution in [0.1, 0.15) is 21.6 Å². The van der Waals surface area contributed by atoms with E-state index in [2.05, 4.69) is 22.3 Å². The minimum absolute atomic E-state index is 0.0608. The Balaban J connectivity index is 1.84. The van der Waals surface area contributed by atoms with Crippen LogP contribution in [-0.2, 0) is 13.1 Å². The van der Waals surface area contributed by atoms with Crippen molar-refractivity contribution in [2.45, 2.75) is 13.1 Å². The molecule has 3 rings (SSSR count). The number of nitrogens with zero attached hydrogens (tertiary/aromatic N) is 3. The molecule has 84 valence electrons. The third-order valence-corrected chi connectivity index (χ3v) is 2.92. The van der Waals surface area contributed by atoms with Gasteiger partial charge in [0.2, 0.25) is 0 Å². The van der Waals surface area contributed by atoms with Gasteiger partial charge in [0.1, 0.15) is 0 Å². The Labute approximate surface area is 98.9 Å². The fourth-order valence-corrected chi connectivity index (χ4v) is 2.05. The van der Waals surface area contributed by atoms with E-state index in [1.807, 2.05) is 12.1 Å². The highest BCUT2D eigenvalue weighted by molar-refractivity contribution is 5.92. The lowest BCUT2D eigenvalue weighted by molar-refractivity contribution is 0.0744. The lowest BCUT2D eigenvalue weighted by atomic mass is 10.1. The molecule has 2 heterocycles. The van der Waals surface area contributed by atoms with E-state index in [0.717, 1.165) is 0 Å². The summed E-state index contributed by atoms with van der Waals surface area (Å²) in [6.07, 6.45) is 1.56. The van der Waals surface area contributed by atoms with Crippen LogP contribution in [0.25, 0.3) is 0 Å². The lowest BCUT2D eigenvalue weighted by Gasteiger charge is -2.13. The number of hydrogen-bond donors (Lipinski definition) is 0. The highest BCUT2D eigenvalue weighted by atomic mass is 16.2. The highest BCUT2D eigenvalue weighted by Gasteiger charge is 2.24. The minimum atomic E-state index is -0.0608. The highest BCUT2D eigenvalue weighted by Crippen LogP contribution is 2.23.